The molecule has 0 unspecified atom stereocenters. The van der Waals surface area contributed by atoms with E-state index in [1.54, 1.807) is 23.3 Å². The minimum Gasteiger partial charge on any atom is -0.379 e. The Hall–Kier alpha value is -1.44. The zero-order valence-electron chi connectivity index (χ0n) is 13.4. The predicted octanol–water partition coefficient (Wildman–Crippen LogP) is 0.716. The summed E-state index contributed by atoms with van der Waals surface area (Å²) in [6, 6.07) is 3.83. The number of carbonyl (C=O) groups is 2. The standard InChI is InChI=1S/C16H23N3O3S/c1-18-14(20)11-12(15(18)13-3-2-10-23-13)16(21)17-4-5-19-6-8-22-9-7-19/h2-3,10,12,15H,4-9,11H2,1H3,(H,17,21)/t12-,15-/m0/s1. The first-order valence-corrected chi connectivity index (χ1v) is 8.91. The fraction of sp³-hybridized carbons (Fsp3) is 0.625. The molecule has 126 valence electrons. The van der Waals surface area contributed by atoms with E-state index < -0.39 is 0 Å². The molecule has 0 bridgehead atoms. The van der Waals surface area contributed by atoms with E-state index in [4.69, 9.17) is 4.74 Å². The maximum absolute atomic E-state index is 12.6. The molecule has 23 heavy (non-hydrogen) atoms. The van der Waals surface area contributed by atoms with Crippen molar-refractivity contribution in [3.8, 4) is 0 Å². The van der Waals surface area contributed by atoms with Crippen LogP contribution >= 0.6 is 11.3 Å². The van der Waals surface area contributed by atoms with E-state index >= 15 is 0 Å². The second-order valence-corrected chi connectivity index (χ2v) is 7.00. The van der Waals surface area contributed by atoms with Gasteiger partial charge in [0, 0.05) is 44.5 Å². The van der Waals surface area contributed by atoms with Crippen LogP contribution in [0.3, 0.4) is 0 Å². The molecule has 0 aromatic carbocycles. The highest BCUT2D eigenvalue weighted by molar-refractivity contribution is 7.10. The van der Waals surface area contributed by atoms with Gasteiger partial charge in [0.1, 0.15) is 0 Å². The van der Waals surface area contributed by atoms with Crippen LogP contribution in [0, 0.1) is 5.92 Å². The minimum absolute atomic E-state index is 0.0191. The monoisotopic (exact) mass is 337 g/mol. The summed E-state index contributed by atoms with van der Waals surface area (Å²) in [5, 5.41) is 4.99. The fourth-order valence-electron chi connectivity index (χ4n) is 3.25. The summed E-state index contributed by atoms with van der Waals surface area (Å²) in [4.78, 5) is 29.7. The Bertz CT molecular complexity index is 543. The molecule has 2 fully saturated rings. The lowest BCUT2D eigenvalue weighted by Gasteiger charge is -2.27. The molecule has 2 atom stereocenters. The third-order valence-electron chi connectivity index (χ3n) is 4.59. The van der Waals surface area contributed by atoms with E-state index in [0.29, 0.717) is 13.0 Å². The molecule has 2 saturated heterocycles. The largest absolute Gasteiger partial charge is 0.379 e. The second kappa shape index (κ2) is 7.42. The van der Waals surface area contributed by atoms with Crippen LogP contribution in [0.1, 0.15) is 17.3 Å². The molecule has 2 aliphatic rings. The summed E-state index contributed by atoms with van der Waals surface area (Å²) in [5.74, 6) is -0.276. The summed E-state index contributed by atoms with van der Waals surface area (Å²) in [6.45, 7) is 4.79. The van der Waals surface area contributed by atoms with Gasteiger partial charge in [-0.2, -0.15) is 0 Å². The van der Waals surface area contributed by atoms with Gasteiger partial charge < -0.3 is 15.0 Å². The van der Waals surface area contributed by atoms with Gasteiger partial charge in [0.15, 0.2) is 0 Å². The molecule has 3 heterocycles. The van der Waals surface area contributed by atoms with Crippen molar-refractivity contribution in [1.29, 1.82) is 0 Å². The first-order valence-electron chi connectivity index (χ1n) is 8.03. The van der Waals surface area contributed by atoms with Crippen molar-refractivity contribution in [1.82, 2.24) is 15.1 Å². The van der Waals surface area contributed by atoms with Crippen molar-refractivity contribution in [3.05, 3.63) is 22.4 Å². The molecule has 6 nitrogen and oxygen atoms in total. The molecule has 0 radical (unpaired) electrons. The van der Waals surface area contributed by atoms with Crippen molar-refractivity contribution in [2.75, 3.05) is 46.4 Å². The highest BCUT2D eigenvalue weighted by Gasteiger charge is 2.43. The molecule has 2 amide bonds. The van der Waals surface area contributed by atoms with Crippen LogP contribution < -0.4 is 5.32 Å². The molecule has 2 aliphatic heterocycles. The number of rotatable bonds is 5. The highest BCUT2D eigenvalue weighted by Crippen LogP contribution is 2.38. The minimum atomic E-state index is -0.296. The van der Waals surface area contributed by atoms with Crippen molar-refractivity contribution in [2.24, 2.45) is 5.92 Å². The number of hydrogen-bond donors (Lipinski definition) is 1. The second-order valence-electron chi connectivity index (χ2n) is 6.02. The van der Waals surface area contributed by atoms with Crippen molar-refractivity contribution in [2.45, 2.75) is 12.5 Å². The number of morpholine rings is 1. The van der Waals surface area contributed by atoms with Gasteiger partial charge in [0.2, 0.25) is 11.8 Å². The quantitative estimate of drug-likeness (QED) is 0.860. The molecule has 0 saturated carbocycles. The van der Waals surface area contributed by atoms with Crippen molar-refractivity contribution < 1.29 is 14.3 Å². The Morgan fingerprint density at radius 3 is 2.91 bits per heavy atom. The first-order chi connectivity index (χ1) is 11.2. The third-order valence-corrected chi connectivity index (χ3v) is 5.53. The summed E-state index contributed by atoms with van der Waals surface area (Å²) < 4.78 is 5.32. The van der Waals surface area contributed by atoms with Gasteiger partial charge in [-0.15, -0.1) is 11.3 Å². The summed E-state index contributed by atoms with van der Waals surface area (Å²) in [6.07, 6.45) is 0.294. The fourth-order valence-corrected chi connectivity index (χ4v) is 4.18. The molecule has 3 rings (SSSR count). The van der Waals surface area contributed by atoms with Crippen LogP contribution in [0.15, 0.2) is 17.5 Å². The number of thiophene rings is 1. The SMILES string of the molecule is CN1C(=O)C[C@H](C(=O)NCCN2CCOCC2)[C@H]1c1cccs1. The first kappa shape index (κ1) is 16.4. The van der Waals surface area contributed by atoms with Crippen LogP contribution in [-0.4, -0.2) is 68.1 Å². The van der Waals surface area contributed by atoms with Crippen LogP contribution in [-0.2, 0) is 14.3 Å². The van der Waals surface area contributed by atoms with Crippen LogP contribution in [0.4, 0.5) is 0 Å². The zero-order valence-corrected chi connectivity index (χ0v) is 14.2. The van der Waals surface area contributed by atoms with Gasteiger partial charge in [-0.05, 0) is 11.4 Å². The Morgan fingerprint density at radius 1 is 1.43 bits per heavy atom. The lowest BCUT2D eigenvalue weighted by Crippen LogP contribution is -2.43. The Labute approximate surface area is 140 Å². The lowest BCUT2D eigenvalue weighted by atomic mass is 9.98. The molecule has 0 aliphatic carbocycles. The number of hydrogen-bond acceptors (Lipinski definition) is 5. The van der Waals surface area contributed by atoms with Gasteiger partial charge in [0.25, 0.3) is 0 Å². The smallest absolute Gasteiger partial charge is 0.226 e. The number of carbonyl (C=O) groups excluding carboxylic acids is 2. The number of nitrogens with one attached hydrogen (secondary N) is 1. The van der Waals surface area contributed by atoms with Crippen LogP contribution in [0.5, 0.6) is 0 Å². The average molecular weight is 337 g/mol. The summed E-state index contributed by atoms with van der Waals surface area (Å²) in [5.41, 5.74) is 0. The van der Waals surface area contributed by atoms with Gasteiger partial charge in [-0.25, -0.2) is 0 Å². The lowest BCUT2D eigenvalue weighted by molar-refractivity contribution is -0.128. The van der Waals surface area contributed by atoms with E-state index in [0.717, 1.165) is 37.7 Å². The number of likely N-dealkylation sites (tertiary alicyclic amines) is 1. The molecule has 1 aromatic rings. The molecule has 1 aromatic heterocycles. The van der Waals surface area contributed by atoms with Gasteiger partial charge in [-0.1, -0.05) is 6.07 Å². The molecule has 0 spiro atoms. The van der Waals surface area contributed by atoms with Gasteiger partial charge in [-0.3, -0.25) is 14.5 Å². The summed E-state index contributed by atoms with van der Waals surface area (Å²) >= 11 is 1.60. The van der Waals surface area contributed by atoms with Gasteiger partial charge >= 0.3 is 0 Å². The average Bonchev–Trinajstić information content (AvgIpc) is 3.17. The maximum Gasteiger partial charge on any atom is 0.226 e. The van der Waals surface area contributed by atoms with Crippen LogP contribution in [0.2, 0.25) is 0 Å². The third kappa shape index (κ3) is 3.73. The number of ether oxygens (including phenoxy) is 1. The topological polar surface area (TPSA) is 61.9 Å². The molecule has 1 N–H and O–H groups in total. The predicted molar refractivity (Wildman–Crippen MR) is 88.2 cm³/mol. The summed E-state index contributed by atoms with van der Waals surface area (Å²) in [7, 11) is 1.79. The number of amides is 2. The van der Waals surface area contributed by atoms with Crippen molar-refractivity contribution >= 4 is 23.2 Å². The van der Waals surface area contributed by atoms with Crippen molar-refractivity contribution in [3.63, 3.8) is 0 Å². The van der Waals surface area contributed by atoms with E-state index in [-0.39, 0.29) is 23.8 Å². The van der Waals surface area contributed by atoms with E-state index in [1.165, 1.54) is 0 Å². The molecule has 7 heteroatoms. The molecular weight excluding hydrogens is 314 g/mol. The molecular formula is C16H23N3O3S. The van der Waals surface area contributed by atoms with Gasteiger partial charge in [0.05, 0.1) is 25.2 Å². The van der Waals surface area contributed by atoms with Crippen LogP contribution in [0.25, 0.3) is 0 Å². The zero-order chi connectivity index (χ0) is 16.2. The normalized spacial score (nSPS) is 25.8. The van der Waals surface area contributed by atoms with E-state index in [9.17, 15) is 9.59 Å². The Balaban J connectivity index is 1.56. The Morgan fingerprint density at radius 2 is 2.22 bits per heavy atom. The highest BCUT2D eigenvalue weighted by atomic mass is 32.1. The van der Waals surface area contributed by atoms with E-state index in [1.807, 2.05) is 17.5 Å². The van der Waals surface area contributed by atoms with E-state index in [2.05, 4.69) is 10.2 Å². The number of nitrogens with zero attached hydrogens (tertiary/aromatic N) is 2. The maximum atomic E-state index is 12.6. The Kier molecular flexibility index (Phi) is 5.30.